The molecule has 1 aromatic rings. The number of halogens is 1. The van der Waals surface area contributed by atoms with Crippen molar-refractivity contribution in [2.75, 3.05) is 5.33 Å². The normalized spacial score (nSPS) is 12.8. The van der Waals surface area contributed by atoms with E-state index >= 15 is 0 Å². The lowest BCUT2D eigenvalue weighted by atomic mass is 9.97. The topological polar surface area (TPSA) is 0 Å². The molecule has 0 aromatic heterocycles. The fourth-order valence-electron chi connectivity index (χ4n) is 1.41. The SMILES string of the molecule is CCCC(CBr)c1ccccc1. The molecular formula is C11H15Br. The number of rotatable bonds is 4. The van der Waals surface area contributed by atoms with E-state index in [0.717, 1.165) is 5.33 Å². The van der Waals surface area contributed by atoms with Gasteiger partial charge < -0.3 is 0 Å². The van der Waals surface area contributed by atoms with Gasteiger partial charge in [0, 0.05) is 5.33 Å². The molecule has 0 aliphatic heterocycles. The molecule has 12 heavy (non-hydrogen) atoms. The second-order valence-corrected chi connectivity index (χ2v) is 3.70. The van der Waals surface area contributed by atoms with Crippen LogP contribution in [0, 0.1) is 0 Å². The first-order valence-electron chi connectivity index (χ1n) is 4.49. The number of alkyl halides is 1. The molecule has 0 N–H and O–H groups in total. The summed E-state index contributed by atoms with van der Waals surface area (Å²) < 4.78 is 0. The molecule has 0 aliphatic rings. The summed E-state index contributed by atoms with van der Waals surface area (Å²) in [5.74, 6) is 0.691. The van der Waals surface area contributed by atoms with Crippen molar-refractivity contribution in [1.29, 1.82) is 0 Å². The zero-order valence-electron chi connectivity index (χ0n) is 7.46. The van der Waals surface area contributed by atoms with Crippen molar-refractivity contribution < 1.29 is 0 Å². The van der Waals surface area contributed by atoms with Crippen molar-refractivity contribution >= 4 is 15.9 Å². The lowest BCUT2D eigenvalue weighted by Gasteiger charge is -2.12. The van der Waals surface area contributed by atoms with E-state index in [-0.39, 0.29) is 0 Å². The van der Waals surface area contributed by atoms with Crippen LogP contribution in [0.3, 0.4) is 0 Å². The van der Waals surface area contributed by atoms with Crippen molar-refractivity contribution in [3.63, 3.8) is 0 Å². The molecule has 0 radical (unpaired) electrons. The van der Waals surface area contributed by atoms with Crippen LogP contribution in [0.4, 0.5) is 0 Å². The fraction of sp³-hybridized carbons (Fsp3) is 0.455. The van der Waals surface area contributed by atoms with Gasteiger partial charge in [-0.3, -0.25) is 0 Å². The van der Waals surface area contributed by atoms with E-state index in [2.05, 4.69) is 53.2 Å². The van der Waals surface area contributed by atoms with Crippen LogP contribution in [0.15, 0.2) is 30.3 Å². The molecule has 1 unspecified atom stereocenters. The van der Waals surface area contributed by atoms with E-state index in [1.165, 1.54) is 18.4 Å². The first-order valence-corrected chi connectivity index (χ1v) is 5.61. The minimum atomic E-state index is 0.691. The fourth-order valence-corrected chi connectivity index (χ4v) is 2.10. The molecule has 1 rings (SSSR count). The van der Waals surface area contributed by atoms with Crippen molar-refractivity contribution in [2.45, 2.75) is 25.7 Å². The van der Waals surface area contributed by atoms with Gasteiger partial charge in [0.2, 0.25) is 0 Å². The zero-order valence-corrected chi connectivity index (χ0v) is 9.05. The second kappa shape index (κ2) is 5.36. The van der Waals surface area contributed by atoms with E-state index in [4.69, 9.17) is 0 Å². The Kier molecular flexibility index (Phi) is 4.37. The van der Waals surface area contributed by atoms with E-state index in [9.17, 15) is 0 Å². The molecule has 0 bridgehead atoms. The predicted molar refractivity (Wildman–Crippen MR) is 57.9 cm³/mol. The van der Waals surface area contributed by atoms with E-state index < -0.39 is 0 Å². The Balaban J connectivity index is 2.66. The third-order valence-electron chi connectivity index (χ3n) is 2.09. The minimum absolute atomic E-state index is 0.691. The number of hydrogen-bond donors (Lipinski definition) is 0. The summed E-state index contributed by atoms with van der Waals surface area (Å²) in [6.07, 6.45) is 2.53. The van der Waals surface area contributed by atoms with E-state index in [1.807, 2.05) is 0 Å². The standard InChI is InChI=1S/C11H15Br/c1-2-6-11(9-12)10-7-4-3-5-8-10/h3-5,7-8,11H,2,6,9H2,1H3. The summed E-state index contributed by atoms with van der Waals surface area (Å²) >= 11 is 3.55. The number of benzene rings is 1. The van der Waals surface area contributed by atoms with Gasteiger partial charge in [-0.1, -0.05) is 59.6 Å². The Labute approximate surface area is 83.1 Å². The van der Waals surface area contributed by atoms with Crippen LogP contribution in [0.5, 0.6) is 0 Å². The first-order chi connectivity index (χ1) is 5.88. The summed E-state index contributed by atoms with van der Waals surface area (Å²) in [5, 5.41) is 1.07. The lowest BCUT2D eigenvalue weighted by molar-refractivity contribution is 0.676. The summed E-state index contributed by atoms with van der Waals surface area (Å²) in [7, 11) is 0. The highest BCUT2D eigenvalue weighted by Crippen LogP contribution is 2.22. The van der Waals surface area contributed by atoms with Gasteiger partial charge in [0.15, 0.2) is 0 Å². The molecule has 1 aromatic carbocycles. The third kappa shape index (κ3) is 2.63. The number of hydrogen-bond acceptors (Lipinski definition) is 0. The molecule has 0 fully saturated rings. The van der Waals surface area contributed by atoms with Crippen molar-refractivity contribution in [3.05, 3.63) is 35.9 Å². The molecular weight excluding hydrogens is 212 g/mol. The van der Waals surface area contributed by atoms with Crippen LogP contribution in [-0.2, 0) is 0 Å². The molecule has 1 atom stereocenters. The van der Waals surface area contributed by atoms with Gasteiger partial charge in [-0.15, -0.1) is 0 Å². The monoisotopic (exact) mass is 226 g/mol. The van der Waals surface area contributed by atoms with Crippen LogP contribution >= 0.6 is 15.9 Å². The van der Waals surface area contributed by atoms with Gasteiger partial charge in [-0.05, 0) is 17.9 Å². The van der Waals surface area contributed by atoms with Crippen LogP contribution in [0.2, 0.25) is 0 Å². The third-order valence-corrected chi connectivity index (χ3v) is 2.88. The molecule has 0 spiro atoms. The van der Waals surface area contributed by atoms with Gasteiger partial charge in [0.1, 0.15) is 0 Å². The average Bonchev–Trinajstić information content (AvgIpc) is 2.15. The molecule has 0 aliphatic carbocycles. The Hall–Kier alpha value is -0.300. The highest BCUT2D eigenvalue weighted by molar-refractivity contribution is 9.09. The molecule has 0 saturated heterocycles. The Morgan fingerprint density at radius 2 is 1.92 bits per heavy atom. The Bertz CT molecular complexity index is 206. The Morgan fingerprint density at radius 1 is 1.25 bits per heavy atom. The quantitative estimate of drug-likeness (QED) is 0.683. The maximum atomic E-state index is 3.55. The van der Waals surface area contributed by atoms with Gasteiger partial charge in [-0.25, -0.2) is 0 Å². The highest BCUT2D eigenvalue weighted by atomic mass is 79.9. The van der Waals surface area contributed by atoms with Crippen LogP contribution < -0.4 is 0 Å². The Morgan fingerprint density at radius 3 is 2.42 bits per heavy atom. The summed E-state index contributed by atoms with van der Waals surface area (Å²) in [5.41, 5.74) is 1.45. The van der Waals surface area contributed by atoms with Gasteiger partial charge in [-0.2, -0.15) is 0 Å². The lowest BCUT2D eigenvalue weighted by Crippen LogP contribution is -1.98. The molecule has 0 heterocycles. The highest BCUT2D eigenvalue weighted by Gasteiger charge is 2.06. The van der Waals surface area contributed by atoms with Crippen molar-refractivity contribution in [1.82, 2.24) is 0 Å². The summed E-state index contributed by atoms with van der Waals surface area (Å²) in [6.45, 7) is 2.23. The van der Waals surface area contributed by atoms with E-state index in [0.29, 0.717) is 5.92 Å². The van der Waals surface area contributed by atoms with Crippen LogP contribution in [-0.4, -0.2) is 5.33 Å². The summed E-state index contributed by atoms with van der Waals surface area (Å²) in [4.78, 5) is 0. The zero-order chi connectivity index (χ0) is 8.81. The molecule has 0 saturated carbocycles. The molecule has 0 nitrogen and oxygen atoms in total. The molecule has 1 heteroatoms. The van der Waals surface area contributed by atoms with Gasteiger partial charge in [0.25, 0.3) is 0 Å². The van der Waals surface area contributed by atoms with Crippen molar-refractivity contribution in [3.8, 4) is 0 Å². The van der Waals surface area contributed by atoms with Gasteiger partial charge in [0.05, 0.1) is 0 Å². The predicted octanol–water partition coefficient (Wildman–Crippen LogP) is 3.97. The largest absolute Gasteiger partial charge is 0.0921 e. The van der Waals surface area contributed by atoms with E-state index in [1.54, 1.807) is 0 Å². The van der Waals surface area contributed by atoms with Crippen molar-refractivity contribution in [2.24, 2.45) is 0 Å². The van der Waals surface area contributed by atoms with Crippen LogP contribution in [0.25, 0.3) is 0 Å². The average molecular weight is 227 g/mol. The van der Waals surface area contributed by atoms with Crippen LogP contribution in [0.1, 0.15) is 31.2 Å². The van der Waals surface area contributed by atoms with Gasteiger partial charge >= 0.3 is 0 Å². The maximum Gasteiger partial charge on any atom is 0.0100 e. The minimum Gasteiger partial charge on any atom is -0.0921 e. The maximum absolute atomic E-state index is 3.55. The first kappa shape index (κ1) is 9.79. The molecule has 66 valence electrons. The smallest absolute Gasteiger partial charge is 0.0100 e. The summed E-state index contributed by atoms with van der Waals surface area (Å²) in [6, 6.07) is 10.7. The molecule has 0 amide bonds. The second-order valence-electron chi connectivity index (χ2n) is 3.05.